The molecule has 0 unspecified atom stereocenters. The Morgan fingerprint density at radius 2 is 2.02 bits per heavy atom. The Bertz CT molecular complexity index is 1830. The van der Waals surface area contributed by atoms with Crippen molar-refractivity contribution >= 4 is 56.3 Å². The molecule has 0 saturated heterocycles. The van der Waals surface area contributed by atoms with Gasteiger partial charge in [0.2, 0.25) is 5.91 Å². The summed E-state index contributed by atoms with van der Waals surface area (Å²) in [6, 6.07) is 8.82. The Hall–Kier alpha value is -4.49. The molecule has 0 aliphatic carbocycles. The molecule has 13 heteroatoms. The van der Waals surface area contributed by atoms with Gasteiger partial charge in [-0.05, 0) is 42.2 Å². The molecule has 0 fully saturated rings. The van der Waals surface area contributed by atoms with Gasteiger partial charge >= 0.3 is 0 Å². The number of rotatable bonds is 6. The summed E-state index contributed by atoms with van der Waals surface area (Å²) in [6.45, 7) is 2.17. The molecule has 2 amide bonds. The van der Waals surface area contributed by atoms with Crippen molar-refractivity contribution in [2.45, 2.75) is 31.8 Å². The second-order valence-corrected chi connectivity index (χ2v) is 11.3. The summed E-state index contributed by atoms with van der Waals surface area (Å²) < 4.78 is 21.8. The number of nitrogens with two attached hydrogens (primary N) is 1. The number of nitrogen functional groups attached to an aromatic ring is 1. The molecule has 6 rings (SSSR count). The number of pyridine rings is 1. The molecule has 1 aliphatic rings. The number of halogens is 1. The molecule has 4 aromatic heterocycles. The lowest BCUT2D eigenvalue weighted by molar-refractivity contribution is -0.124. The number of hydrogen-bond donors (Lipinski definition) is 3. The van der Waals surface area contributed by atoms with E-state index in [0.717, 1.165) is 26.5 Å². The van der Waals surface area contributed by atoms with Crippen molar-refractivity contribution in [1.29, 1.82) is 0 Å². The molecule has 0 bridgehead atoms. The van der Waals surface area contributed by atoms with Crippen LogP contribution >= 0.6 is 22.9 Å². The van der Waals surface area contributed by atoms with E-state index in [1.807, 2.05) is 13.0 Å². The molecule has 0 radical (unpaired) electrons. The highest BCUT2D eigenvalue weighted by atomic mass is 32.1. The van der Waals surface area contributed by atoms with Crippen LogP contribution in [-0.4, -0.2) is 30.7 Å². The van der Waals surface area contributed by atoms with Gasteiger partial charge in [-0.1, -0.05) is 19.1 Å². The summed E-state index contributed by atoms with van der Waals surface area (Å²) in [6.07, 6.45) is 3.40. The first-order valence-electron chi connectivity index (χ1n) is 12.3. The van der Waals surface area contributed by atoms with Gasteiger partial charge in [-0.2, -0.15) is 4.37 Å². The zero-order valence-corrected chi connectivity index (χ0v) is 22.7. The maximum atomic E-state index is 15.5. The Balaban J connectivity index is 1.27. The molecule has 40 heavy (non-hydrogen) atoms. The third kappa shape index (κ3) is 4.62. The zero-order valence-electron chi connectivity index (χ0n) is 21.1. The van der Waals surface area contributed by atoms with E-state index in [0.29, 0.717) is 18.1 Å². The lowest BCUT2D eigenvalue weighted by Gasteiger charge is -2.15. The quantitative estimate of drug-likeness (QED) is 0.274. The Morgan fingerprint density at radius 3 is 2.83 bits per heavy atom. The maximum absolute atomic E-state index is 15.5. The molecule has 5 aromatic rings. The number of anilines is 2. The van der Waals surface area contributed by atoms with E-state index in [-0.39, 0.29) is 40.9 Å². The van der Waals surface area contributed by atoms with Crippen LogP contribution in [0.2, 0.25) is 0 Å². The molecule has 2 atom stereocenters. The van der Waals surface area contributed by atoms with Gasteiger partial charge in [0.05, 0.1) is 17.8 Å². The van der Waals surface area contributed by atoms with Crippen molar-refractivity contribution in [3.8, 4) is 11.1 Å². The minimum absolute atomic E-state index is 0.00694. The Morgan fingerprint density at radius 1 is 1.18 bits per heavy atom. The van der Waals surface area contributed by atoms with Gasteiger partial charge in [0.25, 0.3) is 11.5 Å². The largest absolute Gasteiger partial charge is 0.384 e. The van der Waals surface area contributed by atoms with E-state index in [4.69, 9.17) is 5.73 Å². The van der Waals surface area contributed by atoms with Crippen molar-refractivity contribution in [3.63, 3.8) is 0 Å². The molecule has 10 nitrogen and oxygen atoms in total. The van der Waals surface area contributed by atoms with Crippen LogP contribution in [0.1, 0.15) is 46.5 Å². The molecule has 0 spiro atoms. The average molecular weight is 576 g/mol. The minimum atomic E-state index is -0.799. The first-order valence-corrected chi connectivity index (χ1v) is 14.0. The van der Waals surface area contributed by atoms with Gasteiger partial charge in [0, 0.05) is 44.2 Å². The van der Waals surface area contributed by atoms with Crippen molar-refractivity contribution in [2.24, 2.45) is 0 Å². The van der Waals surface area contributed by atoms with Crippen LogP contribution in [0.5, 0.6) is 0 Å². The standard InChI is InChI=1S/C27H22FN7O3S2/c1-13-7-20(26(37)32-11-15-8-14-10-30-22(29)9-21(14)40-15)35-24(13)31-12-17(27(35)38)16-3-2-4-18(23(16)28)33-25(36)19-5-6-39-34-19/h2-6,8-10,12-13,20H,7,11H2,1H3,(H2,29,30)(H,32,37)(H,33,36)/t13-,20+/m1/s1. The van der Waals surface area contributed by atoms with E-state index < -0.39 is 23.3 Å². The number of carbonyl (C=O) groups is 2. The van der Waals surface area contributed by atoms with E-state index >= 15 is 4.39 Å². The van der Waals surface area contributed by atoms with Crippen LogP contribution in [0.15, 0.2) is 59.0 Å². The Kier molecular flexibility index (Phi) is 6.60. The van der Waals surface area contributed by atoms with Gasteiger partial charge in [-0.25, -0.2) is 14.4 Å². The minimum Gasteiger partial charge on any atom is -0.384 e. The summed E-state index contributed by atoms with van der Waals surface area (Å²) in [5, 5.41) is 8.00. The van der Waals surface area contributed by atoms with Crippen molar-refractivity contribution < 1.29 is 14.0 Å². The predicted octanol–water partition coefficient (Wildman–Crippen LogP) is 4.31. The fraction of sp³-hybridized carbons (Fsp3) is 0.185. The average Bonchev–Trinajstić information content (AvgIpc) is 3.68. The highest BCUT2D eigenvalue weighted by molar-refractivity contribution is 7.19. The first-order chi connectivity index (χ1) is 19.3. The number of thiophene rings is 1. The maximum Gasteiger partial charge on any atom is 0.275 e. The number of nitrogens with zero attached hydrogens (tertiary/aromatic N) is 4. The van der Waals surface area contributed by atoms with Gasteiger partial charge in [0.1, 0.15) is 23.4 Å². The van der Waals surface area contributed by atoms with Crippen LogP contribution in [0.3, 0.4) is 0 Å². The summed E-state index contributed by atoms with van der Waals surface area (Å²) in [4.78, 5) is 48.8. The van der Waals surface area contributed by atoms with Crippen molar-refractivity contribution in [1.82, 2.24) is 24.2 Å². The zero-order chi connectivity index (χ0) is 28.0. The van der Waals surface area contributed by atoms with Gasteiger partial charge in [-0.3, -0.25) is 19.0 Å². The van der Waals surface area contributed by atoms with Crippen LogP contribution in [0, 0.1) is 5.82 Å². The van der Waals surface area contributed by atoms with Crippen molar-refractivity contribution in [2.75, 3.05) is 11.1 Å². The van der Waals surface area contributed by atoms with E-state index in [9.17, 15) is 14.4 Å². The second-order valence-electron chi connectivity index (χ2n) is 9.44. The van der Waals surface area contributed by atoms with Crippen LogP contribution in [-0.2, 0) is 11.3 Å². The Labute approximate surface area is 234 Å². The smallest absolute Gasteiger partial charge is 0.275 e. The molecule has 0 saturated carbocycles. The highest BCUT2D eigenvalue weighted by Gasteiger charge is 2.36. The number of nitrogens with one attached hydrogen (secondary N) is 2. The van der Waals surface area contributed by atoms with Crippen LogP contribution in [0.4, 0.5) is 15.9 Å². The highest BCUT2D eigenvalue weighted by Crippen LogP contribution is 2.35. The molecule has 1 aromatic carbocycles. The van der Waals surface area contributed by atoms with E-state index in [2.05, 4.69) is 25.0 Å². The molecule has 4 N–H and O–H groups in total. The predicted molar refractivity (Wildman–Crippen MR) is 152 cm³/mol. The SMILES string of the molecule is C[C@@H]1C[C@@H](C(=O)NCc2cc3cnc(N)cc3s2)n2c1ncc(-c1cccc(NC(=O)c3ccsn3)c1F)c2=O. The molecular formula is C27H22FN7O3S2. The summed E-state index contributed by atoms with van der Waals surface area (Å²) >= 11 is 2.61. The first kappa shape index (κ1) is 25.8. The number of carbonyl (C=O) groups excluding carboxylic acids is 2. The third-order valence-corrected chi connectivity index (χ3v) is 8.43. The molecule has 1 aliphatic heterocycles. The third-order valence-electron chi connectivity index (χ3n) is 6.77. The lowest BCUT2D eigenvalue weighted by Crippen LogP contribution is -2.36. The van der Waals surface area contributed by atoms with E-state index in [1.54, 1.807) is 17.6 Å². The summed E-state index contributed by atoms with van der Waals surface area (Å²) in [5.41, 5.74) is 5.27. The number of aromatic nitrogens is 4. The number of amides is 2. The van der Waals surface area contributed by atoms with Gasteiger partial charge < -0.3 is 16.4 Å². The van der Waals surface area contributed by atoms with Gasteiger partial charge in [0.15, 0.2) is 5.82 Å². The van der Waals surface area contributed by atoms with Crippen molar-refractivity contribution in [3.05, 3.63) is 86.7 Å². The lowest BCUT2D eigenvalue weighted by atomic mass is 10.1. The molecule has 202 valence electrons. The number of benzene rings is 1. The van der Waals surface area contributed by atoms with Crippen LogP contribution < -0.4 is 21.9 Å². The molecular weight excluding hydrogens is 553 g/mol. The topological polar surface area (TPSA) is 145 Å². The summed E-state index contributed by atoms with van der Waals surface area (Å²) in [5.74, 6) is -0.933. The fourth-order valence-corrected chi connectivity index (χ4v) is 6.37. The van der Waals surface area contributed by atoms with E-state index in [1.165, 1.54) is 46.4 Å². The monoisotopic (exact) mass is 575 g/mol. The van der Waals surface area contributed by atoms with Gasteiger partial charge in [-0.15, -0.1) is 11.3 Å². The molecule has 5 heterocycles. The fourth-order valence-electron chi connectivity index (χ4n) is 4.84. The number of fused-ring (bicyclic) bond motifs is 2. The second kappa shape index (κ2) is 10.2. The summed E-state index contributed by atoms with van der Waals surface area (Å²) in [7, 11) is 0. The number of hydrogen-bond acceptors (Lipinski definition) is 9. The normalized spacial score (nSPS) is 16.1. The van der Waals surface area contributed by atoms with Crippen LogP contribution in [0.25, 0.3) is 21.2 Å².